The number of aryl methyl sites for hydroxylation is 2. The van der Waals surface area contributed by atoms with Crippen LogP contribution in [0.2, 0.25) is 0 Å². The van der Waals surface area contributed by atoms with Crippen LogP contribution in [0.3, 0.4) is 0 Å². The van der Waals surface area contributed by atoms with Crippen molar-refractivity contribution in [3.05, 3.63) is 65.2 Å². The number of hydrogen-bond donors (Lipinski definition) is 3. The van der Waals surface area contributed by atoms with Gasteiger partial charge in [0.15, 0.2) is 0 Å². The second-order valence-corrected chi connectivity index (χ2v) is 10.2. The Morgan fingerprint density at radius 2 is 1.81 bits per heavy atom. The number of hydrogen-bond acceptors (Lipinski definition) is 5. The van der Waals surface area contributed by atoms with Crippen molar-refractivity contribution in [2.45, 2.75) is 56.9 Å². The van der Waals surface area contributed by atoms with Gasteiger partial charge in [0, 0.05) is 12.7 Å². The molecule has 0 saturated carbocycles. The van der Waals surface area contributed by atoms with Gasteiger partial charge in [0.25, 0.3) is 0 Å². The van der Waals surface area contributed by atoms with Gasteiger partial charge in [-0.15, -0.1) is 0 Å². The molecule has 3 aliphatic rings. The van der Waals surface area contributed by atoms with Crippen molar-refractivity contribution < 1.29 is 24.2 Å². The summed E-state index contributed by atoms with van der Waals surface area (Å²) in [6.07, 6.45) is 1.09. The van der Waals surface area contributed by atoms with Crippen molar-refractivity contribution in [3.8, 4) is 0 Å². The summed E-state index contributed by atoms with van der Waals surface area (Å²) in [5, 5.41) is 16.2. The van der Waals surface area contributed by atoms with E-state index in [2.05, 4.69) is 10.6 Å². The van der Waals surface area contributed by atoms with Gasteiger partial charge in [0.2, 0.25) is 17.7 Å². The number of aliphatic hydroxyl groups excluding tert-OH is 1. The molecule has 1 spiro atoms. The molecule has 3 aliphatic heterocycles. The molecular weight excluding hydrogens is 458 g/mol. The highest BCUT2D eigenvalue weighted by molar-refractivity contribution is 6.04. The lowest BCUT2D eigenvalue weighted by atomic mass is 9.70. The average Bonchev–Trinajstić information content (AvgIpc) is 3.52. The summed E-state index contributed by atoms with van der Waals surface area (Å²) in [6.45, 7) is 3.53. The predicted molar refractivity (Wildman–Crippen MR) is 134 cm³/mol. The molecule has 3 N–H and O–H groups in total. The summed E-state index contributed by atoms with van der Waals surface area (Å²) >= 11 is 0. The maximum Gasteiger partial charge on any atom is 0.250 e. The maximum atomic E-state index is 14.1. The number of carbonyl (C=O) groups is 3. The van der Waals surface area contributed by atoms with Gasteiger partial charge in [-0.05, 0) is 49.8 Å². The standard InChI is InChI=1S/C28H33N3O5/c1-16-8-7-9-17(2)23(16)30-26(34)24-28-13-12-20(36-28)21(25(33)29-3)22(28)27(35)31(24)19(15-32)14-18-10-5-4-6-11-18/h4-11,19-22,24,32H,12-15H2,1-3H3,(H,29,33)(H,30,34)/t19-,20-,21+,22+,24?,28?/m1/s1. The van der Waals surface area contributed by atoms with Gasteiger partial charge in [-0.3, -0.25) is 14.4 Å². The minimum absolute atomic E-state index is 0.251. The van der Waals surface area contributed by atoms with Crippen molar-refractivity contribution in [2.24, 2.45) is 11.8 Å². The van der Waals surface area contributed by atoms with Crippen LogP contribution in [0.15, 0.2) is 48.5 Å². The van der Waals surface area contributed by atoms with Gasteiger partial charge in [0.05, 0.1) is 30.6 Å². The van der Waals surface area contributed by atoms with Crippen LogP contribution in [-0.4, -0.2) is 65.2 Å². The van der Waals surface area contributed by atoms with Crippen LogP contribution in [0.5, 0.6) is 0 Å². The van der Waals surface area contributed by atoms with E-state index >= 15 is 0 Å². The molecule has 8 heteroatoms. The second kappa shape index (κ2) is 9.33. The third kappa shape index (κ3) is 3.71. The van der Waals surface area contributed by atoms with E-state index in [1.807, 2.05) is 62.4 Å². The minimum Gasteiger partial charge on any atom is -0.394 e. The molecule has 2 aromatic rings. The van der Waals surface area contributed by atoms with Crippen LogP contribution in [0.25, 0.3) is 0 Å². The lowest BCUT2D eigenvalue weighted by molar-refractivity contribution is -0.143. The Balaban J connectivity index is 1.57. The topological polar surface area (TPSA) is 108 Å². The number of anilines is 1. The Kier molecular flexibility index (Phi) is 6.34. The first kappa shape index (κ1) is 24.5. The van der Waals surface area contributed by atoms with Crippen LogP contribution < -0.4 is 10.6 Å². The zero-order valence-electron chi connectivity index (χ0n) is 20.9. The lowest BCUT2D eigenvalue weighted by Crippen LogP contribution is -2.57. The number of nitrogens with one attached hydrogen (secondary N) is 2. The summed E-state index contributed by atoms with van der Waals surface area (Å²) in [7, 11) is 1.55. The summed E-state index contributed by atoms with van der Waals surface area (Å²) in [4.78, 5) is 42.5. The maximum absolute atomic E-state index is 14.1. The fraction of sp³-hybridized carbons (Fsp3) is 0.464. The zero-order valence-corrected chi connectivity index (χ0v) is 20.9. The normalized spacial score (nSPS) is 29.2. The molecule has 3 fully saturated rings. The van der Waals surface area contributed by atoms with Crippen LogP contribution in [0.4, 0.5) is 5.69 Å². The molecule has 36 heavy (non-hydrogen) atoms. The van der Waals surface area contributed by atoms with Crippen LogP contribution >= 0.6 is 0 Å². The SMILES string of the molecule is CNC(=O)[C@@H]1[C@H]2C(=O)N([C@@H](CO)Cc3ccccc3)C(C(=O)Nc3c(C)cccc3C)C23CC[C@H]1O3. The van der Waals surface area contributed by atoms with Gasteiger partial charge in [0.1, 0.15) is 11.6 Å². The third-order valence-corrected chi connectivity index (χ3v) is 8.18. The molecule has 0 aromatic heterocycles. The zero-order chi connectivity index (χ0) is 25.6. The Labute approximate surface area is 211 Å². The first-order valence-electron chi connectivity index (χ1n) is 12.6. The molecule has 2 bridgehead atoms. The van der Waals surface area contributed by atoms with Crippen LogP contribution in [-0.2, 0) is 25.5 Å². The molecule has 8 nitrogen and oxygen atoms in total. The monoisotopic (exact) mass is 491 g/mol. The number of carbonyl (C=O) groups excluding carboxylic acids is 3. The fourth-order valence-electron chi connectivity index (χ4n) is 6.59. The number of nitrogens with zero attached hydrogens (tertiary/aromatic N) is 1. The fourth-order valence-corrected chi connectivity index (χ4v) is 6.59. The van der Waals surface area contributed by atoms with Crippen molar-refractivity contribution >= 4 is 23.4 Å². The molecule has 2 aromatic carbocycles. The Morgan fingerprint density at radius 3 is 2.44 bits per heavy atom. The molecule has 0 aliphatic carbocycles. The summed E-state index contributed by atoms with van der Waals surface area (Å²) in [5.41, 5.74) is 2.37. The average molecular weight is 492 g/mol. The van der Waals surface area contributed by atoms with Crippen molar-refractivity contribution in [3.63, 3.8) is 0 Å². The first-order chi connectivity index (χ1) is 17.3. The number of para-hydroxylation sites is 1. The number of ether oxygens (including phenoxy) is 1. The molecular formula is C28H33N3O5. The van der Waals surface area contributed by atoms with E-state index < -0.39 is 35.6 Å². The quantitative estimate of drug-likeness (QED) is 0.549. The number of aliphatic hydroxyl groups is 1. The van der Waals surface area contributed by atoms with Gasteiger partial charge in [-0.2, -0.15) is 0 Å². The van der Waals surface area contributed by atoms with E-state index in [0.29, 0.717) is 24.9 Å². The number of fused-ring (bicyclic) bond motifs is 1. The Hall–Kier alpha value is -3.23. The van der Waals surface area contributed by atoms with E-state index in [1.165, 1.54) is 4.90 Å². The Bertz CT molecular complexity index is 1160. The second-order valence-electron chi connectivity index (χ2n) is 10.2. The predicted octanol–water partition coefficient (Wildman–Crippen LogP) is 1.97. The van der Waals surface area contributed by atoms with Crippen molar-refractivity contribution in [2.75, 3.05) is 19.0 Å². The van der Waals surface area contributed by atoms with Crippen LogP contribution in [0.1, 0.15) is 29.5 Å². The molecule has 6 atom stereocenters. The van der Waals surface area contributed by atoms with Crippen LogP contribution in [0, 0.1) is 25.7 Å². The molecule has 2 unspecified atom stereocenters. The summed E-state index contributed by atoms with van der Waals surface area (Å²) in [6, 6.07) is 13.8. The van der Waals surface area contributed by atoms with Gasteiger partial charge < -0.3 is 25.4 Å². The molecule has 190 valence electrons. The lowest BCUT2D eigenvalue weighted by Gasteiger charge is -2.37. The van der Waals surface area contributed by atoms with E-state index in [-0.39, 0.29) is 24.3 Å². The summed E-state index contributed by atoms with van der Waals surface area (Å²) < 4.78 is 6.43. The minimum atomic E-state index is -1.11. The molecule has 0 radical (unpaired) electrons. The number of likely N-dealkylation sites (tertiary alicyclic amines) is 1. The summed E-state index contributed by atoms with van der Waals surface area (Å²) in [5.74, 6) is -2.34. The highest BCUT2D eigenvalue weighted by Crippen LogP contribution is 2.59. The van der Waals surface area contributed by atoms with Gasteiger partial charge >= 0.3 is 0 Å². The largest absolute Gasteiger partial charge is 0.394 e. The molecule has 3 amide bonds. The number of rotatable bonds is 7. The molecule has 5 rings (SSSR count). The molecule has 3 saturated heterocycles. The van der Waals surface area contributed by atoms with Crippen molar-refractivity contribution in [1.29, 1.82) is 0 Å². The molecule has 3 heterocycles. The first-order valence-corrected chi connectivity index (χ1v) is 12.6. The Morgan fingerprint density at radius 1 is 1.11 bits per heavy atom. The van der Waals surface area contributed by atoms with E-state index in [9.17, 15) is 19.5 Å². The smallest absolute Gasteiger partial charge is 0.250 e. The highest BCUT2D eigenvalue weighted by Gasteiger charge is 2.75. The van der Waals surface area contributed by atoms with E-state index in [4.69, 9.17) is 4.74 Å². The number of amides is 3. The van der Waals surface area contributed by atoms with E-state index in [0.717, 1.165) is 16.7 Å². The highest BCUT2D eigenvalue weighted by atomic mass is 16.5. The van der Waals surface area contributed by atoms with Gasteiger partial charge in [-0.25, -0.2) is 0 Å². The van der Waals surface area contributed by atoms with E-state index in [1.54, 1.807) is 7.05 Å². The van der Waals surface area contributed by atoms with Crippen molar-refractivity contribution in [1.82, 2.24) is 10.2 Å². The third-order valence-electron chi connectivity index (χ3n) is 8.18. The van der Waals surface area contributed by atoms with Gasteiger partial charge in [-0.1, -0.05) is 48.5 Å². The number of benzene rings is 2.